The van der Waals surface area contributed by atoms with E-state index in [0.29, 0.717) is 17.4 Å². The van der Waals surface area contributed by atoms with Crippen molar-refractivity contribution in [3.05, 3.63) is 50.6 Å². The zero-order valence-corrected chi connectivity index (χ0v) is 14.9. The standard InChI is InChI=1S/C14H14BrNO4S2/c1-20-14(17)12-9-11(4-5-13(12)15)22(18,19)16-7-6-10-3-2-8-21-10/h2-5,8-9,16H,6-7H2,1H3. The van der Waals surface area contributed by atoms with E-state index in [-0.39, 0.29) is 10.5 Å². The molecule has 0 aliphatic carbocycles. The number of benzene rings is 1. The first kappa shape index (κ1) is 17.1. The molecule has 22 heavy (non-hydrogen) atoms. The van der Waals surface area contributed by atoms with Crippen LogP contribution in [0.2, 0.25) is 0 Å². The van der Waals surface area contributed by atoms with E-state index in [9.17, 15) is 13.2 Å². The molecule has 1 N–H and O–H groups in total. The fourth-order valence-corrected chi connectivity index (χ4v) is 3.96. The molecule has 0 saturated heterocycles. The van der Waals surface area contributed by atoms with Crippen LogP contribution in [-0.2, 0) is 21.2 Å². The molecule has 0 aliphatic heterocycles. The lowest BCUT2D eigenvalue weighted by atomic mass is 10.2. The molecule has 5 nitrogen and oxygen atoms in total. The molecule has 1 heterocycles. The SMILES string of the molecule is COC(=O)c1cc(S(=O)(=O)NCCc2cccs2)ccc1Br. The number of hydrogen-bond donors (Lipinski definition) is 1. The summed E-state index contributed by atoms with van der Waals surface area (Å²) in [5.74, 6) is -0.595. The van der Waals surface area contributed by atoms with Crippen LogP contribution in [0.4, 0.5) is 0 Å². The van der Waals surface area contributed by atoms with E-state index in [4.69, 9.17) is 0 Å². The lowest BCUT2D eigenvalue weighted by molar-refractivity contribution is 0.0599. The highest BCUT2D eigenvalue weighted by Crippen LogP contribution is 2.21. The largest absolute Gasteiger partial charge is 0.465 e. The molecule has 2 rings (SSSR count). The summed E-state index contributed by atoms with van der Waals surface area (Å²) in [6.07, 6.45) is 0.622. The fraction of sp³-hybridized carbons (Fsp3) is 0.214. The van der Waals surface area contributed by atoms with E-state index in [0.717, 1.165) is 4.88 Å². The summed E-state index contributed by atoms with van der Waals surface area (Å²) >= 11 is 4.78. The Morgan fingerprint density at radius 3 is 2.77 bits per heavy atom. The van der Waals surface area contributed by atoms with Gasteiger partial charge in [-0.1, -0.05) is 6.07 Å². The van der Waals surface area contributed by atoms with E-state index in [1.54, 1.807) is 11.3 Å². The van der Waals surface area contributed by atoms with Crippen molar-refractivity contribution < 1.29 is 17.9 Å². The van der Waals surface area contributed by atoms with Crippen LogP contribution in [0, 0.1) is 0 Å². The normalized spacial score (nSPS) is 11.4. The summed E-state index contributed by atoms with van der Waals surface area (Å²) in [6.45, 7) is 0.298. The van der Waals surface area contributed by atoms with Crippen molar-refractivity contribution >= 4 is 43.3 Å². The minimum Gasteiger partial charge on any atom is -0.465 e. The first-order valence-electron chi connectivity index (χ1n) is 6.34. The van der Waals surface area contributed by atoms with Gasteiger partial charge in [0, 0.05) is 15.9 Å². The molecule has 0 fully saturated rings. The Morgan fingerprint density at radius 1 is 1.36 bits per heavy atom. The van der Waals surface area contributed by atoms with Gasteiger partial charge in [-0.05, 0) is 52.0 Å². The Balaban J connectivity index is 2.13. The van der Waals surface area contributed by atoms with Crippen LogP contribution in [0.1, 0.15) is 15.2 Å². The number of nitrogens with one attached hydrogen (secondary N) is 1. The van der Waals surface area contributed by atoms with Crippen LogP contribution in [-0.4, -0.2) is 28.0 Å². The smallest absolute Gasteiger partial charge is 0.339 e. The van der Waals surface area contributed by atoms with Crippen molar-refractivity contribution in [1.82, 2.24) is 4.72 Å². The highest BCUT2D eigenvalue weighted by molar-refractivity contribution is 9.10. The number of esters is 1. The Labute approximate surface area is 141 Å². The Bertz CT molecular complexity index is 757. The van der Waals surface area contributed by atoms with Crippen LogP contribution < -0.4 is 4.72 Å². The monoisotopic (exact) mass is 403 g/mol. The van der Waals surface area contributed by atoms with Gasteiger partial charge in [0.2, 0.25) is 10.0 Å². The first-order chi connectivity index (χ1) is 10.4. The Hall–Kier alpha value is -1.22. The van der Waals surface area contributed by atoms with Gasteiger partial charge in [-0.3, -0.25) is 0 Å². The van der Waals surface area contributed by atoms with Gasteiger partial charge in [0.25, 0.3) is 0 Å². The van der Waals surface area contributed by atoms with E-state index in [1.165, 1.54) is 25.3 Å². The summed E-state index contributed by atoms with van der Waals surface area (Å²) in [5, 5.41) is 1.95. The molecule has 0 unspecified atom stereocenters. The van der Waals surface area contributed by atoms with Gasteiger partial charge in [0.15, 0.2) is 0 Å². The van der Waals surface area contributed by atoms with Gasteiger partial charge in [0.1, 0.15) is 0 Å². The topological polar surface area (TPSA) is 72.5 Å². The van der Waals surface area contributed by atoms with Gasteiger partial charge >= 0.3 is 5.97 Å². The Kier molecular flexibility index (Phi) is 5.74. The van der Waals surface area contributed by atoms with Crippen molar-refractivity contribution in [3.8, 4) is 0 Å². The first-order valence-corrected chi connectivity index (χ1v) is 9.49. The minimum atomic E-state index is -3.67. The van der Waals surface area contributed by atoms with Crippen LogP contribution >= 0.6 is 27.3 Å². The molecular weight excluding hydrogens is 390 g/mol. The van der Waals surface area contributed by atoms with Crippen molar-refractivity contribution in [3.63, 3.8) is 0 Å². The van der Waals surface area contributed by atoms with Gasteiger partial charge in [0.05, 0.1) is 17.6 Å². The summed E-state index contributed by atoms with van der Waals surface area (Å²) in [6, 6.07) is 8.12. The molecule has 0 aliphatic rings. The number of ether oxygens (including phenoxy) is 1. The molecule has 0 radical (unpaired) electrons. The van der Waals surface area contributed by atoms with Crippen LogP contribution in [0.5, 0.6) is 0 Å². The third kappa shape index (κ3) is 4.16. The second kappa shape index (κ2) is 7.36. The van der Waals surface area contributed by atoms with Crippen LogP contribution in [0.25, 0.3) is 0 Å². The number of carbonyl (C=O) groups is 1. The molecule has 2 aromatic rings. The third-order valence-corrected chi connectivity index (χ3v) is 5.98. The number of halogens is 1. The van der Waals surface area contributed by atoms with E-state index in [2.05, 4.69) is 25.4 Å². The van der Waals surface area contributed by atoms with Gasteiger partial charge < -0.3 is 4.74 Å². The molecular formula is C14H14BrNO4S2. The predicted molar refractivity (Wildman–Crippen MR) is 88.7 cm³/mol. The molecule has 118 valence electrons. The summed E-state index contributed by atoms with van der Waals surface area (Å²) in [7, 11) is -2.42. The van der Waals surface area contributed by atoms with E-state index >= 15 is 0 Å². The lowest BCUT2D eigenvalue weighted by Gasteiger charge is -2.09. The van der Waals surface area contributed by atoms with Gasteiger partial charge in [-0.2, -0.15) is 0 Å². The molecule has 1 aromatic heterocycles. The van der Waals surface area contributed by atoms with Crippen molar-refractivity contribution in [2.24, 2.45) is 0 Å². The quantitative estimate of drug-likeness (QED) is 0.752. The molecule has 0 spiro atoms. The van der Waals surface area contributed by atoms with Crippen LogP contribution in [0.3, 0.4) is 0 Å². The minimum absolute atomic E-state index is 0.0299. The summed E-state index contributed by atoms with van der Waals surface area (Å²) in [5.41, 5.74) is 0.170. The second-order valence-electron chi connectivity index (χ2n) is 4.36. The number of hydrogen-bond acceptors (Lipinski definition) is 5. The molecule has 0 bridgehead atoms. The van der Waals surface area contributed by atoms with Gasteiger partial charge in [-0.15, -0.1) is 11.3 Å². The highest BCUT2D eigenvalue weighted by Gasteiger charge is 2.18. The van der Waals surface area contributed by atoms with Crippen molar-refractivity contribution in [2.75, 3.05) is 13.7 Å². The fourth-order valence-electron chi connectivity index (χ4n) is 1.78. The van der Waals surface area contributed by atoms with E-state index in [1.807, 2.05) is 17.5 Å². The third-order valence-electron chi connectivity index (χ3n) is 2.90. The molecule has 1 aromatic carbocycles. The van der Waals surface area contributed by atoms with Crippen LogP contribution in [0.15, 0.2) is 45.1 Å². The summed E-state index contributed by atoms with van der Waals surface area (Å²) in [4.78, 5) is 12.8. The number of thiophene rings is 1. The maximum atomic E-state index is 12.3. The highest BCUT2D eigenvalue weighted by atomic mass is 79.9. The lowest BCUT2D eigenvalue weighted by Crippen LogP contribution is -2.26. The number of sulfonamides is 1. The average Bonchev–Trinajstić information content (AvgIpc) is 3.00. The number of rotatable bonds is 6. The molecule has 0 atom stereocenters. The Morgan fingerprint density at radius 2 is 2.14 bits per heavy atom. The summed E-state index contributed by atoms with van der Waals surface area (Å²) < 4.78 is 32.2. The second-order valence-corrected chi connectivity index (χ2v) is 8.01. The predicted octanol–water partition coefficient (Wildman–Crippen LogP) is 2.82. The van der Waals surface area contributed by atoms with Gasteiger partial charge in [-0.25, -0.2) is 17.9 Å². The molecule has 0 saturated carbocycles. The zero-order chi connectivity index (χ0) is 16.2. The van der Waals surface area contributed by atoms with Crippen molar-refractivity contribution in [1.29, 1.82) is 0 Å². The molecule has 0 amide bonds. The number of methoxy groups -OCH3 is 1. The molecule has 8 heteroatoms. The average molecular weight is 404 g/mol. The van der Waals surface area contributed by atoms with Crippen molar-refractivity contribution in [2.45, 2.75) is 11.3 Å². The number of carbonyl (C=O) groups excluding carboxylic acids is 1. The van der Waals surface area contributed by atoms with E-state index < -0.39 is 16.0 Å². The zero-order valence-electron chi connectivity index (χ0n) is 11.7. The maximum absolute atomic E-state index is 12.3. The maximum Gasteiger partial charge on any atom is 0.339 e.